The number of anilines is 1. The number of fused-ring (bicyclic) bond motifs is 1. The van der Waals surface area contributed by atoms with Crippen LogP contribution in [-0.2, 0) is 21.9 Å². The van der Waals surface area contributed by atoms with Crippen molar-refractivity contribution in [2.45, 2.75) is 30.7 Å². The molecule has 10 nitrogen and oxygen atoms in total. The lowest BCUT2D eigenvalue weighted by molar-refractivity contribution is -0.137. The number of amides is 3. The van der Waals surface area contributed by atoms with Crippen molar-refractivity contribution >= 4 is 67.7 Å². The van der Waals surface area contributed by atoms with Crippen LogP contribution in [0.5, 0.6) is 0 Å². The van der Waals surface area contributed by atoms with Crippen molar-refractivity contribution in [3.05, 3.63) is 58.2 Å². The van der Waals surface area contributed by atoms with Gasteiger partial charge in [-0.3, -0.25) is 9.59 Å². The Morgan fingerprint density at radius 1 is 1.09 bits per heavy atom. The van der Waals surface area contributed by atoms with E-state index in [0.717, 1.165) is 0 Å². The summed E-state index contributed by atoms with van der Waals surface area (Å²) in [5.74, 6) is -1.57. The van der Waals surface area contributed by atoms with Crippen LogP contribution in [0.15, 0.2) is 47.4 Å². The zero-order valence-electron chi connectivity index (χ0n) is 18.6. The van der Waals surface area contributed by atoms with Gasteiger partial charge in [0.25, 0.3) is 15.9 Å². The molecule has 2 aromatic carbocycles. The first kappa shape index (κ1) is 26.3. The van der Waals surface area contributed by atoms with Crippen molar-refractivity contribution in [1.82, 2.24) is 14.6 Å². The van der Waals surface area contributed by atoms with Gasteiger partial charge in [-0.05, 0) is 48.9 Å². The monoisotopic (exact) mass is 540 g/mol. The molecular weight excluding hydrogens is 519 g/mol. The third-order valence-electron chi connectivity index (χ3n) is 5.24. The van der Waals surface area contributed by atoms with E-state index in [4.69, 9.17) is 28.3 Å². The number of halogens is 2. The van der Waals surface area contributed by atoms with E-state index in [1.54, 1.807) is 36.7 Å². The topological polar surface area (TPSA) is 147 Å². The lowest BCUT2D eigenvalue weighted by atomic mass is 10.1. The minimum atomic E-state index is -4.23. The van der Waals surface area contributed by atoms with Gasteiger partial charge in [-0.1, -0.05) is 30.1 Å². The van der Waals surface area contributed by atoms with Gasteiger partial charge < -0.3 is 20.3 Å². The summed E-state index contributed by atoms with van der Waals surface area (Å²) in [5, 5.41) is 15.2. The molecule has 3 rings (SSSR count). The predicted octanol–water partition coefficient (Wildman–Crippen LogP) is 3.98. The summed E-state index contributed by atoms with van der Waals surface area (Å²) in [6.07, 6.45) is -0.0293. The Hall–Kier alpha value is -3.28. The van der Waals surface area contributed by atoms with Gasteiger partial charge >= 0.3 is 12.0 Å². The number of hydrogen-bond acceptors (Lipinski definition) is 5. The van der Waals surface area contributed by atoms with Gasteiger partial charge in [0.1, 0.15) is 5.69 Å². The first-order chi connectivity index (χ1) is 16.4. The van der Waals surface area contributed by atoms with Crippen LogP contribution in [-0.4, -0.2) is 42.0 Å². The highest BCUT2D eigenvalue weighted by atomic mass is 35.5. The molecule has 13 heteroatoms. The first-order valence-corrected chi connectivity index (χ1v) is 12.6. The highest BCUT2D eigenvalue weighted by molar-refractivity contribution is 7.90. The molecule has 1 unspecified atom stereocenters. The summed E-state index contributed by atoms with van der Waals surface area (Å²) in [5.41, 5.74) is 1.34. The number of carboxylic acid groups (broad SMARTS) is 1. The van der Waals surface area contributed by atoms with Gasteiger partial charge in [0.05, 0.1) is 21.4 Å². The molecule has 0 saturated carbocycles. The summed E-state index contributed by atoms with van der Waals surface area (Å²) in [7, 11) is -2.52. The smallest absolute Gasteiger partial charge is 0.328 e. The minimum Gasteiger partial charge on any atom is -0.481 e. The van der Waals surface area contributed by atoms with E-state index in [1.165, 1.54) is 24.3 Å². The van der Waals surface area contributed by atoms with Crippen molar-refractivity contribution in [2.75, 3.05) is 5.32 Å². The predicted molar refractivity (Wildman–Crippen MR) is 133 cm³/mol. The Kier molecular flexibility index (Phi) is 7.93. The number of aromatic nitrogens is 1. The van der Waals surface area contributed by atoms with E-state index in [-0.39, 0.29) is 11.3 Å². The number of carboxylic acids is 1. The van der Waals surface area contributed by atoms with Crippen LogP contribution in [0.4, 0.5) is 10.5 Å². The van der Waals surface area contributed by atoms with Crippen LogP contribution in [0, 0.1) is 0 Å². The van der Waals surface area contributed by atoms with Gasteiger partial charge in [0.2, 0.25) is 0 Å². The second-order valence-electron chi connectivity index (χ2n) is 7.64. The maximum Gasteiger partial charge on any atom is 0.328 e. The maximum absolute atomic E-state index is 12.8. The van der Waals surface area contributed by atoms with Crippen molar-refractivity contribution < 1.29 is 27.9 Å². The molecule has 3 amide bonds. The molecule has 0 aliphatic heterocycles. The number of benzene rings is 2. The number of carbonyl (C=O) groups is 3. The van der Waals surface area contributed by atoms with Crippen molar-refractivity contribution in [1.29, 1.82) is 0 Å². The number of rotatable bonds is 8. The first-order valence-electron chi connectivity index (χ1n) is 10.3. The van der Waals surface area contributed by atoms with Crippen molar-refractivity contribution in [3.8, 4) is 0 Å². The molecule has 3 aromatic rings. The Balaban J connectivity index is 1.71. The molecule has 1 atom stereocenters. The lowest BCUT2D eigenvalue weighted by Crippen LogP contribution is -2.45. The van der Waals surface area contributed by atoms with Gasteiger partial charge in [-0.15, -0.1) is 0 Å². The molecule has 0 fully saturated rings. The molecule has 1 heterocycles. The van der Waals surface area contributed by atoms with Gasteiger partial charge in [-0.25, -0.2) is 17.9 Å². The standard InChI is InChI=1S/C22H22Cl2N4O6S/c1-3-12(10-19(29)30)26-22(32)27-35(33,34)14-6-4-13(5-7-14)25-21(31)18-11-15-17(28(18)2)9-8-16(23)20(15)24/h4-9,11-12H,3,10H2,1-2H3,(H,25,31)(H,29,30)(H2,26,27,32). The molecule has 1 aromatic heterocycles. The minimum absolute atomic E-state index is 0.219. The molecule has 0 spiro atoms. The van der Waals surface area contributed by atoms with Crippen LogP contribution >= 0.6 is 23.2 Å². The fourth-order valence-corrected chi connectivity index (χ4v) is 4.68. The number of sulfonamides is 1. The second-order valence-corrected chi connectivity index (χ2v) is 10.1. The molecular formula is C22H22Cl2N4O6S. The summed E-state index contributed by atoms with van der Waals surface area (Å²) in [4.78, 5) is 35.4. The van der Waals surface area contributed by atoms with E-state index in [2.05, 4.69) is 10.6 Å². The van der Waals surface area contributed by atoms with E-state index >= 15 is 0 Å². The Labute approximate surface area is 211 Å². The van der Waals surface area contributed by atoms with Crippen molar-refractivity contribution in [2.24, 2.45) is 7.05 Å². The van der Waals surface area contributed by atoms with Crippen molar-refractivity contribution in [3.63, 3.8) is 0 Å². The molecule has 0 radical (unpaired) electrons. The van der Waals surface area contributed by atoms with Crippen LogP contribution < -0.4 is 15.4 Å². The number of aliphatic carboxylic acids is 1. The van der Waals surface area contributed by atoms with E-state index in [1.807, 2.05) is 4.72 Å². The molecule has 4 N–H and O–H groups in total. The number of carbonyl (C=O) groups excluding carboxylic acids is 2. The maximum atomic E-state index is 12.8. The number of hydrogen-bond donors (Lipinski definition) is 4. The number of nitrogens with one attached hydrogen (secondary N) is 3. The molecule has 0 bridgehead atoms. The van der Waals surface area contributed by atoms with Gasteiger partial charge in [-0.2, -0.15) is 0 Å². The summed E-state index contributed by atoms with van der Waals surface area (Å²) in [6, 6.07) is 8.41. The lowest BCUT2D eigenvalue weighted by Gasteiger charge is -2.15. The Morgan fingerprint density at radius 2 is 1.74 bits per heavy atom. The van der Waals surface area contributed by atoms with Crippen LogP contribution in [0.3, 0.4) is 0 Å². The van der Waals surface area contributed by atoms with E-state index in [9.17, 15) is 22.8 Å². The number of aryl methyl sites for hydroxylation is 1. The molecule has 186 valence electrons. The summed E-state index contributed by atoms with van der Waals surface area (Å²) < 4.78 is 28.5. The number of nitrogens with zero attached hydrogens (tertiary/aromatic N) is 1. The molecule has 35 heavy (non-hydrogen) atoms. The van der Waals surface area contributed by atoms with Crippen LogP contribution in [0.25, 0.3) is 10.9 Å². The number of urea groups is 1. The fourth-order valence-electron chi connectivity index (χ4n) is 3.38. The highest BCUT2D eigenvalue weighted by Crippen LogP contribution is 2.32. The summed E-state index contributed by atoms with van der Waals surface area (Å²) in [6.45, 7) is 1.66. The SMILES string of the molecule is CCC(CC(=O)O)NC(=O)NS(=O)(=O)c1ccc(NC(=O)c2cc3c(Cl)c(Cl)ccc3n2C)cc1. The van der Waals surface area contributed by atoms with Gasteiger partial charge in [0, 0.05) is 29.7 Å². The molecule has 0 saturated heterocycles. The van der Waals surface area contributed by atoms with Gasteiger partial charge in [0.15, 0.2) is 0 Å². The average Bonchev–Trinajstić information content (AvgIpc) is 3.12. The quantitative estimate of drug-likeness (QED) is 0.339. The van der Waals surface area contributed by atoms with E-state index < -0.39 is 34.0 Å². The van der Waals surface area contributed by atoms with Crippen LogP contribution in [0.2, 0.25) is 10.0 Å². The average molecular weight is 541 g/mol. The zero-order chi connectivity index (χ0) is 25.9. The van der Waals surface area contributed by atoms with E-state index in [0.29, 0.717) is 38.8 Å². The largest absolute Gasteiger partial charge is 0.481 e. The fraction of sp³-hybridized carbons (Fsp3) is 0.227. The molecule has 0 aliphatic carbocycles. The highest BCUT2D eigenvalue weighted by Gasteiger charge is 2.21. The normalized spacial score (nSPS) is 12.2. The third kappa shape index (κ3) is 6.05. The summed E-state index contributed by atoms with van der Waals surface area (Å²) >= 11 is 12.3. The van der Waals surface area contributed by atoms with Crippen LogP contribution in [0.1, 0.15) is 30.3 Å². The molecule has 0 aliphatic rings. The third-order valence-corrected chi connectivity index (χ3v) is 7.41. The Morgan fingerprint density at radius 3 is 2.34 bits per heavy atom. The second kappa shape index (κ2) is 10.5. The zero-order valence-corrected chi connectivity index (χ0v) is 21.0. The Bertz CT molecular complexity index is 1400.